The molecular weight excluding hydrogens is 346 g/mol. The molecule has 4 nitrogen and oxygen atoms in total. The average Bonchev–Trinajstić information content (AvgIpc) is 2.86. The number of furan rings is 1. The van der Waals surface area contributed by atoms with Crippen LogP contribution in [-0.4, -0.2) is 13.0 Å². The van der Waals surface area contributed by atoms with Crippen molar-refractivity contribution in [1.82, 2.24) is 0 Å². The third-order valence-corrected chi connectivity index (χ3v) is 3.98. The van der Waals surface area contributed by atoms with Crippen LogP contribution in [0.2, 0.25) is 0 Å². The number of hydrogen-bond acceptors (Lipinski definition) is 3. The first-order valence-electron chi connectivity index (χ1n) is 6.72. The van der Waals surface area contributed by atoms with Crippen LogP contribution >= 0.6 is 15.9 Å². The molecule has 0 saturated carbocycles. The molecule has 1 heterocycles. The maximum absolute atomic E-state index is 12.4. The van der Waals surface area contributed by atoms with Crippen molar-refractivity contribution in [3.8, 4) is 5.75 Å². The van der Waals surface area contributed by atoms with Gasteiger partial charge in [-0.25, -0.2) is 0 Å². The Bertz CT molecular complexity index is 837. The predicted molar refractivity (Wildman–Crippen MR) is 89.6 cm³/mol. The molecule has 0 aliphatic heterocycles. The Hall–Kier alpha value is -2.27. The van der Waals surface area contributed by atoms with Crippen LogP contribution in [0.3, 0.4) is 0 Å². The summed E-state index contributed by atoms with van der Waals surface area (Å²) in [5, 5.41) is 3.71. The van der Waals surface area contributed by atoms with Gasteiger partial charge in [-0.3, -0.25) is 4.79 Å². The molecule has 0 aliphatic rings. The molecular formula is C17H14BrNO3. The lowest BCUT2D eigenvalue weighted by Gasteiger charge is -2.03. The highest BCUT2D eigenvalue weighted by molar-refractivity contribution is 9.10. The second kappa shape index (κ2) is 5.85. The van der Waals surface area contributed by atoms with Gasteiger partial charge in [0.2, 0.25) is 0 Å². The first-order chi connectivity index (χ1) is 10.6. The highest BCUT2D eigenvalue weighted by Crippen LogP contribution is 2.29. The average molecular weight is 360 g/mol. The molecule has 22 heavy (non-hydrogen) atoms. The Morgan fingerprint density at radius 3 is 2.59 bits per heavy atom. The zero-order valence-corrected chi connectivity index (χ0v) is 13.7. The van der Waals surface area contributed by atoms with Gasteiger partial charge in [0.1, 0.15) is 11.3 Å². The molecule has 2 aromatic carbocycles. The lowest BCUT2D eigenvalue weighted by Crippen LogP contribution is -2.11. The molecule has 112 valence electrons. The molecule has 0 aliphatic carbocycles. The van der Waals surface area contributed by atoms with E-state index in [2.05, 4.69) is 21.2 Å². The van der Waals surface area contributed by atoms with Crippen LogP contribution in [0.25, 0.3) is 11.0 Å². The first kappa shape index (κ1) is 14.7. The Morgan fingerprint density at radius 2 is 1.91 bits per heavy atom. The standard InChI is InChI=1S/C17H14BrNO3/c1-10-14-9-13(21-2)7-8-15(14)22-16(10)17(20)19-12-5-3-11(18)4-6-12/h3-9H,1-2H3,(H,19,20). The Kier molecular flexibility index (Phi) is 3.90. The first-order valence-corrected chi connectivity index (χ1v) is 7.52. The number of anilines is 1. The number of nitrogens with one attached hydrogen (secondary N) is 1. The molecule has 5 heteroatoms. The molecule has 1 aromatic heterocycles. The van der Waals surface area contributed by atoms with Gasteiger partial charge in [-0.2, -0.15) is 0 Å². The summed E-state index contributed by atoms with van der Waals surface area (Å²) in [6.07, 6.45) is 0. The van der Waals surface area contributed by atoms with E-state index in [0.29, 0.717) is 17.0 Å². The van der Waals surface area contributed by atoms with E-state index in [-0.39, 0.29) is 5.91 Å². The smallest absolute Gasteiger partial charge is 0.291 e. The fourth-order valence-corrected chi connectivity index (χ4v) is 2.53. The molecule has 1 N–H and O–H groups in total. The van der Waals surface area contributed by atoms with E-state index in [0.717, 1.165) is 21.2 Å². The number of carbonyl (C=O) groups excluding carboxylic acids is 1. The summed E-state index contributed by atoms with van der Waals surface area (Å²) >= 11 is 3.36. The van der Waals surface area contributed by atoms with Crippen molar-refractivity contribution in [3.05, 3.63) is 58.3 Å². The van der Waals surface area contributed by atoms with Crippen molar-refractivity contribution in [2.45, 2.75) is 6.92 Å². The summed E-state index contributed by atoms with van der Waals surface area (Å²) in [5.74, 6) is 0.775. The molecule has 0 radical (unpaired) electrons. The van der Waals surface area contributed by atoms with Crippen molar-refractivity contribution in [1.29, 1.82) is 0 Å². The number of hydrogen-bond donors (Lipinski definition) is 1. The normalized spacial score (nSPS) is 10.7. The zero-order chi connectivity index (χ0) is 15.7. The molecule has 3 rings (SSSR count). The van der Waals surface area contributed by atoms with Gasteiger partial charge in [0.25, 0.3) is 5.91 Å². The van der Waals surface area contributed by atoms with Crippen molar-refractivity contribution >= 4 is 38.5 Å². The summed E-state index contributed by atoms with van der Waals surface area (Å²) in [7, 11) is 1.61. The van der Waals surface area contributed by atoms with Gasteiger partial charge in [0, 0.05) is 21.1 Å². The molecule has 0 saturated heterocycles. The predicted octanol–water partition coefficient (Wildman–Crippen LogP) is 4.76. The number of aryl methyl sites for hydroxylation is 1. The number of amides is 1. The van der Waals surface area contributed by atoms with Crippen LogP contribution in [0.5, 0.6) is 5.75 Å². The van der Waals surface area contributed by atoms with Crippen molar-refractivity contribution in [3.63, 3.8) is 0 Å². The van der Waals surface area contributed by atoms with Crippen LogP contribution < -0.4 is 10.1 Å². The summed E-state index contributed by atoms with van der Waals surface area (Å²) < 4.78 is 11.8. The van der Waals surface area contributed by atoms with E-state index in [1.807, 2.05) is 43.3 Å². The molecule has 0 unspecified atom stereocenters. The molecule has 0 bridgehead atoms. The third-order valence-electron chi connectivity index (χ3n) is 3.45. The highest BCUT2D eigenvalue weighted by Gasteiger charge is 2.18. The zero-order valence-electron chi connectivity index (χ0n) is 12.1. The summed E-state index contributed by atoms with van der Waals surface area (Å²) in [6.45, 7) is 1.86. The molecule has 3 aromatic rings. The number of carbonyl (C=O) groups is 1. The fourth-order valence-electron chi connectivity index (χ4n) is 2.26. The van der Waals surface area contributed by atoms with Gasteiger partial charge in [-0.15, -0.1) is 0 Å². The minimum Gasteiger partial charge on any atom is -0.497 e. The number of halogens is 1. The van der Waals surface area contributed by atoms with Gasteiger partial charge in [-0.1, -0.05) is 15.9 Å². The monoisotopic (exact) mass is 359 g/mol. The van der Waals surface area contributed by atoms with Crippen LogP contribution in [0.4, 0.5) is 5.69 Å². The van der Waals surface area contributed by atoms with Gasteiger partial charge < -0.3 is 14.5 Å². The van der Waals surface area contributed by atoms with Gasteiger partial charge >= 0.3 is 0 Å². The number of fused-ring (bicyclic) bond motifs is 1. The summed E-state index contributed by atoms with van der Waals surface area (Å²) in [4.78, 5) is 12.4. The maximum atomic E-state index is 12.4. The van der Waals surface area contributed by atoms with E-state index < -0.39 is 0 Å². The molecule has 1 amide bonds. The molecule has 0 spiro atoms. The van der Waals surface area contributed by atoms with Crippen LogP contribution in [0.15, 0.2) is 51.4 Å². The SMILES string of the molecule is COc1ccc2oc(C(=O)Nc3ccc(Br)cc3)c(C)c2c1. The Labute approximate surface area is 136 Å². The maximum Gasteiger partial charge on any atom is 0.291 e. The topological polar surface area (TPSA) is 51.5 Å². The Morgan fingerprint density at radius 1 is 1.18 bits per heavy atom. The second-order valence-electron chi connectivity index (χ2n) is 4.88. The largest absolute Gasteiger partial charge is 0.497 e. The number of rotatable bonds is 3. The summed E-state index contributed by atoms with van der Waals surface area (Å²) in [6, 6.07) is 12.9. The highest BCUT2D eigenvalue weighted by atomic mass is 79.9. The van der Waals surface area contributed by atoms with E-state index in [1.165, 1.54) is 0 Å². The number of methoxy groups -OCH3 is 1. The van der Waals surface area contributed by atoms with Gasteiger partial charge in [-0.05, 0) is 49.4 Å². The fraction of sp³-hybridized carbons (Fsp3) is 0.118. The van der Waals surface area contributed by atoms with E-state index in [1.54, 1.807) is 13.2 Å². The molecule has 0 atom stereocenters. The van der Waals surface area contributed by atoms with E-state index in [9.17, 15) is 4.79 Å². The second-order valence-corrected chi connectivity index (χ2v) is 5.79. The lowest BCUT2D eigenvalue weighted by molar-refractivity contribution is 0.0998. The van der Waals surface area contributed by atoms with Crippen molar-refractivity contribution in [2.75, 3.05) is 12.4 Å². The van der Waals surface area contributed by atoms with Crippen LogP contribution in [0, 0.1) is 6.92 Å². The Balaban J connectivity index is 1.93. The minimum atomic E-state index is -0.269. The number of benzene rings is 2. The van der Waals surface area contributed by atoms with E-state index in [4.69, 9.17) is 9.15 Å². The lowest BCUT2D eigenvalue weighted by atomic mass is 10.1. The van der Waals surface area contributed by atoms with Crippen LogP contribution in [0.1, 0.15) is 16.1 Å². The van der Waals surface area contributed by atoms with Crippen molar-refractivity contribution in [2.24, 2.45) is 0 Å². The summed E-state index contributed by atoms with van der Waals surface area (Å²) in [5.41, 5.74) is 2.17. The van der Waals surface area contributed by atoms with Gasteiger partial charge in [0.05, 0.1) is 7.11 Å². The third kappa shape index (κ3) is 2.72. The minimum absolute atomic E-state index is 0.269. The van der Waals surface area contributed by atoms with E-state index >= 15 is 0 Å². The number of ether oxygens (including phenoxy) is 1. The van der Waals surface area contributed by atoms with Gasteiger partial charge in [0.15, 0.2) is 5.76 Å². The molecule has 0 fully saturated rings. The van der Waals surface area contributed by atoms with Crippen LogP contribution in [-0.2, 0) is 0 Å². The van der Waals surface area contributed by atoms with Crippen molar-refractivity contribution < 1.29 is 13.9 Å². The quantitative estimate of drug-likeness (QED) is 0.732.